The van der Waals surface area contributed by atoms with Gasteiger partial charge in [0.1, 0.15) is 5.75 Å². The number of benzene rings is 2. The molecule has 0 radical (unpaired) electrons. The van der Waals surface area contributed by atoms with Gasteiger partial charge in [-0.25, -0.2) is 0 Å². The van der Waals surface area contributed by atoms with Crippen molar-refractivity contribution in [2.24, 2.45) is 0 Å². The average molecular weight is 460 g/mol. The highest BCUT2D eigenvalue weighted by Gasteiger charge is 2.18. The van der Waals surface area contributed by atoms with Crippen molar-refractivity contribution < 1.29 is 9.53 Å². The zero-order chi connectivity index (χ0) is 20.4. The number of thiocarbonyl (C=S) groups is 1. The first-order valence-corrected chi connectivity index (χ1v) is 10.2. The minimum atomic E-state index is -0.340. The standard InChI is InChI=1S/C21H22BrN3O2S/c1-2-13-27-19-10-9-17(22)14-18(19)20(26)24-21(28)25(12-6-11-23)15-16-7-4-3-5-8-16/h3-5,7-10,14H,2,6,12-13,15H2,1H3,(H,24,26,28). The second kappa shape index (κ2) is 11.4. The van der Waals surface area contributed by atoms with Crippen LogP contribution < -0.4 is 10.1 Å². The molecule has 2 rings (SSSR count). The Morgan fingerprint density at radius 2 is 2.04 bits per heavy atom. The molecule has 0 unspecified atom stereocenters. The summed E-state index contributed by atoms with van der Waals surface area (Å²) in [5.74, 6) is 0.171. The zero-order valence-electron chi connectivity index (χ0n) is 15.7. The van der Waals surface area contributed by atoms with Crippen molar-refractivity contribution >= 4 is 39.2 Å². The number of ether oxygens (including phenoxy) is 1. The van der Waals surface area contributed by atoms with Gasteiger partial charge in [0.05, 0.1) is 24.7 Å². The Kier molecular flexibility index (Phi) is 8.92. The topological polar surface area (TPSA) is 65.4 Å². The van der Waals surface area contributed by atoms with Gasteiger partial charge in [-0.3, -0.25) is 10.1 Å². The van der Waals surface area contributed by atoms with Gasteiger partial charge >= 0.3 is 0 Å². The minimum absolute atomic E-state index is 0.283. The van der Waals surface area contributed by atoms with Gasteiger partial charge in [-0.1, -0.05) is 53.2 Å². The number of nitrogens with one attached hydrogen (secondary N) is 1. The Morgan fingerprint density at radius 1 is 1.29 bits per heavy atom. The van der Waals surface area contributed by atoms with E-state index in [4.69, 9.17) is 22.2 Å². The average Bonchev–Trinajstić information content (AvgIpc) is 2.70. The molecule has 1 N–H and O–H groups in total. The quantitative estimate of drug-likeness (QED) is 0.581. The van der Waals surface area contributed by atoms with E-state index in [1.54, 1.807) is 12.1 Å². The van der Waals surface area contributed by atoms with Crippen LogP contribution in [0.4, 0.5) is 0 Å². The molecule has 0 aliphatic carbocycles. The van der Waals surface area contributed by atoms with Gasteiger partial charge in [-0.15, -0.1) is 0 Å². The molecule has 1 amide bonds. The summed E-state index contributed by atoms with van der Waals surface area (Å²) < 4.78 is 6.46. The fraction of sp³-hybridized carbons (Fsp3) is 0.286. The second-order valence-electron chi connectivity index (χ2n) is 6.06. The van der Waals surface area contributed by atoms with E-state index in [-0.39, 0.29) is 11.0 Å². The van der Waals surface area contributed by atoms with Crippen molar-refractivity contribution in [3.63, 3.8) is 0 Å². The molecule has 0 bridgehead atoms. The summed E-state index contributed by atoms with van der Waals surface area (Å²) in [6.07, 6.45) is 1.15. The number of halogens is 1. The molecule has 0 aliphatic rings. The molecule has 0 atom stereocenters. The number of carbonyl (C=O) groups excluding carboxylic acids is 1. The van der Waals surface area contributed by atoms with Crippen LogP contribution in [-0.2, 0) is 6.54 Å². The Hall–Kier alpha value is -2.43. The van der Waals surface area contributed by atoms with Crippen LogP contribution in [0.2, 0.25) is 0 Å². The third-order valence-electron chi connectivity index (χ3n) is 3.87. The van der Waals surface area contributed by atoms with Crippen molar-refractivity contribution in [1.29, 1.82) is 5.26 Å². The fourth-order valence-electron chi connectivity index (χ4n) is 2.50. The molecule has 0 saturated carbocycles. The van der Waals surface area contributed by atoms with Crippen LogP contribution in [0.5, 0.6) is 5.75 Å². The molecule has 0 aromatic heterocycles. The Bertz CT molecular complexity index is 852. The Balaban J connectivity index is 2.14. The molecule has 28 heavy (non-hydrogen) atoms. The van der Waals surface area contributed by atoms with Gasteiger partial charge in [0, 0.05) is 17.6 Å². The summed E-state index contributed by atoms with van der Waals surface area (Å²) in [6, 6.07) is 17.2. The molecule has 0 aliphatic heterocycles. The van der Waals surface area contributed by atoms with E-state index in [0.717, 1.165) is 16.5 Å². The summed E-state index contributed by atoms with van der Waals surface area (Å²) in [6.45, 7) is 3.47. The van der Waals surface area contributed by atoms with Gasteiger partial charge < -0.3 is 9.64 Å². The van der Waals surface area contributed by atoms with Gasteiger partial charge in [0.2, 0.25) is 0 Å². The number of hydrogen-bond acceptors (Lipinski definition) is 4. The smallest absolute Gasteiger partial charge is 0.261 e. The fourth-order valence-corrected chi connectivity index (χ4v) is 3.11. The van der Waals surface area contributed by atoms with E-state index in [1.165, 1.54) is 0 Å². The number of amides is 1. The molecule has 0 heterocycles. The van der Waals surface area contributed by atoms with Gasteiger partial charge in [-0.05, 0) is 42.4 Å². The highest BCUT2D eigenvalue weighted by Crippen LogP contribution is 2.23. The largest absolute Gasteiger partial charge is 0.493 e. The van der Waals surface area contributed by atoms with Crippen molar-refractivity contribution in [2.75, 3.05) is 13.2 Å². The number of nitriles is 1. The number of carbonyl (C=O) groups is 1. The van der Waals surface area contributed by atoms with E-state index in [1.807, 2.05) is 48.2 Å². The summed E-state index contributed by atoms with van der Waals surface area (Å²) in [4.78, 5) is 14.6. The van der Waals surface area contributed by atoms with E-state index >= 15 is 0 Å². The number of hydrogen-bond donors (Lipinski definition) is 1. The van der Waals surface area contributed by atoms with Crippen LogP contribution in [0, 0.1) is 11.3 Å². The van der Waals surface area contributed by atoms with Crippen LogP contribution in [-0.4, -0.2) is 29.1 Å². The van der Waals surface area contributed by atoms with E-state index in [0.29, 0.717) is 37.4 Å². The highest BCUT2D eigenvalue weighted by molar-refractivity contribution is 9.10. The van der Waals surface area contributed by atoms with Crippen LogP contribution in [0.15, 0.2) is 53.0 Å². The van der Waals surface area contributed by atoms with Crippen LogP contribution in [0.1, 0.15) is 35.7 Å². The molecule has 7 heteroatoms. The lowest BCUT2D eigenvalue weighted by molar-refractivity contribution is 0.0969. The molecule has 0 fully saturated rings. The zero-order valence-corrected chi connectivity index (χ0v) is 18.1. The molecule has 0 saturated heterocycles. The molecular weight excluding hydrogens is 438 g/mol. The first-order valence-electron chi connectivity index (χ1n) is 8.98. The van der Waals surface area contributed by atoms with Gasteiger partial charge in [0.25, 0.3) is 5.91 Å². The second-order valence-corrected chi connectivity index (χ2v) is 7.37. The number of rotatable bonds is 8. The van der Waals surface area contributed by atoms with E-state index < -0.39 is 0 Å². The normalized spacial score (nSPS) is 10.0. The number of nitrogens with zero attached hydrogens (tertiary/aromatic N) is 2. The van der Waals surface area contributed by atoms with Crippen LogP contribution >= 0.6 is 28.1 Å². The lowest BCUT2D eigenvalue weighted by Crippen LogP contribution is -2.42. The Labute approximate surface area is 179 Å². The predicted octanol–water partition coefficient (Wildman–Crippen LogP) is 4.67. The van der Waals surface area contributed by atoms with Crippen molar-refractivity contribution in [2.45, 2.75) is 26.3 Å². The molecule has 2 aromatic rings. The third kappa shape index (κ3) is 6.63. The van der Waals surface area contributed by atoms with Crippen molar-refractivity contribution in [1.82, 2.24) is 10.2 Å². The predicted molar refractivity (Wildman–Crippen MR) is 117 cm³/mol. The van der Waals surface area contributed by atoms with Crippen molar-refractivity contribution in [3.05, 3.63) is 64.1 Å². The van der Waals surface area contributed by atoms with Gasteiger partial charge in [-0.2, -0.15) is 5.26 Å². The first kappa shape index (κ1) is 21.9. The lowest BCUT2D eigenvalue weighted by atomic mass is 10.2. The molecule has 0 spiro atoms. The molecule has 2 aromatic carbocycles. The summed E-state index contributed by atoms with van der Waals surface area (Å²) >= 11 is 8.85. The third-order valence-corrected chi connectivity index (χ3v) is 4.72. The summed E-state index contributed by atoms with van der Waals surface area (Å²) in [5.41, 5.74) is 1.46. The summed E-state index contributed by atoms with van der Waals surface area (Å²) in [5, 5.41) is 12.0. The maximum absolute atomic E-state index is 12.8. The van der Waals surface area contributed by atoms with E-state index in [9.17, 15) is 4.79 Å². The first-order chi connectivity index (χ1) is 13.5. The van der Waals surface area contributed by atoms with Crippen LogP contribution in [0.3, 0.4) is 0 Å². The summed E-state index contributed by atoms with van der Waals surface area (Å²) in [7, 11) is 0. The SMILES string of the molecule is CCCOc1ccc(Br)cc1C(=O)NC(=S)N(CCC#N)Cc1ccccc1. The van der Waals surface area contributed by atoms with E-state index in [2.05, 4.69) is 27.3 Å². The minimum Gasteiger partial charge on any atom is -0.493 e. The molecule has 146 valence electrons. The lowest BCUT2D eigenvalue weighted by Gasteiger charge is -2.25. The monoisotopic (exact) mass is 459 g/mol. The maximum Gasteiger partial charge on any atom is 0.261 e. The van der Waals surface area contributed by atoms with Gasteiger partial charge in [0.15, 0.2) is 5.11 Å². The molecule has 5 nitrogen and oxygen atoms in total. The highest BCUT2D eigenvalue weighted by atomic mass is 79.9. The Morgan fingerprint density at radius 3 is 2.71 bits per heavy atom. The maximum atomic E-state index is 12.8. The van der Waals surface area contributed by atoms with Crippen molar-refractivity contribution in [3.8, 4) is 11.8 Å². The van der Waals surface area contributed by atoms with Crippen LogP contribution in [0.25, 0.3) is 0 Å². The molecular formula is C21H22BrN3O2S.